The second kappa shape index (κ2) is 4.07. The smallest absolute Gasteiger partial charge is 0.223 e. The van der Waals surface area contributed by atoms with Gasteiger partial charge in [-0.2, -0.15) is 0 Å². The number of rotatable bonds is 3. The Morgan fingerprint density at radius 1 is 1.54 bits per heavy atom. The molecule has 0 aliphatic carbocycles. The summed E-state index contributed by atoms with van der Waals surface area (Å²) in [5.74, 6) is -0.222. The summed E-state index contributed by atoms with van der Waals surface area (Å²) in [6.07, 6.45) is 0.801. The normalized spacial score (nSPS) is 24.3. The largest absolute Gasteiger partial charge is 0.369 e. The molecule has 1 heterocycles. The van der Waals surface area contributed by atoms with Gasteiger partial charge in [-0.05, 0) is 6.42 Å². The maximum Gasteiger partial charge on any atom is 0.223 e. The minimum atomic E-state index is -0.406. The maximum atomic E-state index is 11.1. The van der Waals surface area contributed by atoms with Crippen molar-refractivity contribution in [3.05, 3.63) is 0 Å². The van der Waals surface area contributed by atoms with Gasteiger partial charge in [0.25, 0.3) is 0 Å². The fourth-order valence-corrected chi connectivity index (χ4v) is 1.57. The first-order valence-electron chi connectivity index (χ1n) is 4.76. The molecule has 1 fully saturated rings. The molecule has 0 aromatic rings. The molecular weight excluding hydrogens is 166 g/mol. The maximum absolute atomic E-state index is 11.1. The predicted molar refractivity (Wildman–Crippen MR) is 52.3 cm³/mol. The van der Waals surface area contributed by atoms with Crippen LogP contribution in [0.1, 0.15) is 20.3 Å². The van der Waals surface area contributed by atoms with Crippen LogP contribution in [0.25, 0.3) is 0 Å². The highest BCUT2D eigenvalue weighted by Gasteiger charge is 2.29. The highest BCUT2D eigenvalue weighted by Crippen LogP contribution is 2.21. The Hall–Kier alpha value is -0.610. The lowest BCUT2D eigenvalue weighted by Crippen LogP contribution is -2.51. The van der Waals surface area contributed by atoms with Crippen LogP contribution in [0.15, 0.2) is 0 Å². The first-order chi connectivity index (χ1) is 6.02. The van der Waals surface area contributed by atoms with Crippen molar-refractivity contribution in [2.45, 2.75) is 26.3 Å². The molecule has 4 nitrogen and oxygen atoms in total. The first-order valence-corrected chi connectivity index (χ1v) is 4.76. The highest BCUT2D eigenvalue weighted by atomic mass is 16.1. The van der Waals surface area contributed by atoms with Crippen molar-refractivity contribution in [2.75, 3.05) is 19.6 Å². The van der Waals surface area contributed by atoms with E-state index in [1.165, 1.54) is 0 Å². The summed E-state index contributed by atoms with van der Waals surface area (Å²) in [4.78, 5) is 11.1. The van der Waals surface area contributed by atoms with Crippen molar-refractivity contribution in [3.8, 4) is 0 Å². The van der Waals surface area contributed by atoms with Crippen LogP contribution in [-0.2, 0) is 4.79 Å². The number of nitrogens with two attached hydrogens (primary N) is 1. The Labute approximate surface area is 79.3 Å². The number of nitrogens with one attached hydrogen (secondary N) is 2. The number of hydrogen-bond acceptors (Lipinski definition) is 3. The zero-order chi connectivity index (χ0) is 9.90. The second-order valence-corrected chi connectivity index (χ2v) is 4.31. The van der Waals surface area contributed by atoms with Gasteiger partial charge in [-0.1, -0.05) is 13.8 Å². The molecule has 0 radical (unpaired) electrons. The number of amides is 1. The van der Waals surface area contributed by atoms with Crippen LogP contribution in [0.2, 0.25) is 0 Å². The molecule has 1 atom stereocenters. The minimum absolute atomic E-state index is 0.222. The summed E-state index contributed by atoms with van der Waals surface area (Å²) < 4.78 is 0. The average molecular weight is 185 g/mol. The van der Waals surface area contributed by atoms with Gasteiger partial charge in [-0.15, -0.1) is 0 Å². The van der Waals surface area contributed by atoms with Crippen molar-refractivity contribution >= 4 is 5.91 Å². The number of carbonyl (C=O) groups is 1. The van der Waals surface area contributed by atoms with Gasteiger partial charge >= 0.3 is 0 Å². The summed E-state index contributed by atoms with van der Waals surface area (Å²) in [6, 6.07) is 0.372. The van der Waals surface area contributed by atoms with Gasteiger partial charge in [0, 0.05) is 31.1 Å². The van der Waals surface area contributed by atoms with Crippen LogP contribution in [-0.4, -0.2) is 31.6 Å². The van der Waals surface area contributed by atoms with E-state index in [4.69, 9.17) is 5.73 Å². The fourth-order valence-electron chi connectivity index (χ4n) is 1.57. The van der Waals surface area contributed by atoms with E-state index in [1.54, 1.807) is 0 Å². The molecule has 4 N–H and O–H groups in total. The van der Waals surface area contributed by atoms with E-state index < -0.39 is 5.41 Å². The highest BCUT2D eigenvalue weighted by molar-refractivity contribution is 5.79. The molecule has 1 aliphatic rings. The summed E-state index contributed by atoms with van der Waals surface area (Å²) in [7, 11) is 0. The molecule has 1 saturated heterocycles. The molecular formula is C9H19N3O. The summed E-state index contributed by atoms with van der Waals surface area (Å²) in [5.41, 5.74) is 4.89. The predicted octanol–water partition coefficient (Wildman–Crippen LogP) is -0.551. The number of piperazine rings is 1. The lowest BCUT2D eigenvalue weighted by molar-refractivity contribution is -0.126. The Bertz CT molecular complexity index is 185. The topological polar surface area (TPSA) is 67.2 Å². The molecule has 13 heavy (non-hydrogen) atoms. The van der Waals surface area contributed by atoms with E-state index in [1.807, 2.05) is 13.8 Å². The van der Waals surface area contributed by atoms with Crippen molar-refractivity contribution in [3.63, 3.8) is 0 Å². The Balaban J connectivity index is 2.41. The quantitative estimate of drug-likeness (QED) is 0.552. The average Bonchev–Trinajstić information content (AvgIpc) is 2.05. The van der Waals surface area contributed by atoms with E-state index in [9.17, 15) is 4.79 Å². The van der Waals surface area contributed by atoms with E-state index >= 15 is 0 Å². The van der Waals surface area contributed by atoms with Gasteiger partial charge in [0.2, 0.25) is 5.91 Å². The molecule has 1 amide bonds. The van der Waals surface area contributed by atoms with Crippen LogP contribution in [0.3, 0.4) is 0 Å². The molecule has 1 rings (SSSR count). The van der Waals surface area contributed by atoms with Gasteiger partial charge in [-0.25, -0.2) is 0 Å². The molecule has 0 spiro atoms. The van der Waals surface area contributed by atoms with Gasteiger partial charge in [0.05, 0.1) is 0 Å². The molecule has 0 saturated carbocycles. The van der Waals surface area contributed by atoms with Crippen LogP contribution in [0.4, 0.5) is 0 Å². The Kier molecular flexibility index (Phi) is 3.27. The van der Waals surface area contributed by atoms with Crippen molar-refractivity contribution < 1.29 is 4.79 Å². The Morgan fingerprint density at radius 3 is 2.69 bits per heavy atom. The minimum Gasteiger partial charge on any atom is -0.369 e. The van der Waals surface area contributed by atoms with Crippen LogP contribution < -0.4 is 16.4 Å². The van der Waals surface area contributed by atoms with Crippen molar-refractivity contribution in [1.82, 2.24) is 10.6 Å². The van der Waals surface area contributed by atoms with Gasteiger partial charge in [-0.3, -0.25) is 4.79 Å². The SMILES string of the molecule is CC(C)(C[C@@H]1CNCCN1)C(N)=O. The van der Waals surface area contributed by atoms with Crippen molar-refractivity contribution in [1.29, 1.82) is 0 Å². The summed E-state index contributed by atoms with van der Waals surface area (Å²) >= 11 is 0. The van der Waals surface area contributed by atoms with E-state index in [0.717, 1.165) is 26.1 Å². The number of primary amides is 1. The fraction of sp³-hybridized carbons (Fsp3) is 0.889. The zero-order valence-corrected chi connectivity index (χ0v) is 8.39. The van der Waals surface area contributed by atoms with E-state index in [2.05, 4.69) is 10.6 Å². The van der Waals surface area contributed by atoms with Crippen LogP contribution >= 0.6 is 0 Å². The standard InChI is InChI=1S/C9H19N3O/c1-9(2,8(10)13)5-7-6-11-3-4-12-7/h7,11-12H,3-6H2,1-2H3,(H2,10,13)/t7-/m1/s1. The van der Waals surface area contributed by atoms with Crippen LogP contribution in [0, 0.1) is 5.41 Å². The molecule has 0 unspecified atom stereocenters. The van der Waals surface area contributed by atoms with E-state index in [-0.39, 0.29) is 5.91 Å². The van der Waals surface area contributed by atoms with Gasteiger partial charge in [0.1, 0.15) is 0 Å². The molecule has 76 valence electrons. The third kappa shape index (κ3) is 2.97. The van der Waals surface area contributed by atoms with Gasteiger partial charge < -0.3 is 16.4 Å². The van der Waals surface area contributed by atoms with E-state index in [0.29, 0.717) is 6.04 Å². The monoisotopic (exact) mass is 185 g/mol. The van der Waals surface area contributed by atoms with Gasteiger partial charge in [0.15, 0.2) is 0 Å². The zero-order valence-electron chi connectivity index (χ0n) is 8.39. The first kappa shape index (κ1) is 10.5. The summed E-state index contributed by atoms with van der Waals surface area (Å²) in [5, 5.41) is 6.64. The number of hydrogen-bond donors (Lipinski definition) is 3. The summed E-state index contributed by atoms with van der Waals surface area (Å²) in [6.45, 7) is 6.70. The lowest BCUT2D eigenvalue weighted by Gasteiger charge is -2.30. The Morgan fingerprint density at radius 2 is 2.23 bits per heavy atom. The molecule has 4 heteroatoms. The van der Waals surface area contributed by atoms with Crippen molar-refractivity contribution in [2.24, 2.45) is 11.1 Å². The third-order valence-electron chi connectivity index (χ3n) is 2.55. The van der Waals surface area contributed by atoms with Crippen LogP contribution in [0.5, 0.6) is 0 Å². The third-order valence-corrected chi connectivity index (χ3v) is 2.55. The molecule has 0 aromatic carbocycles. The molecule has 0 aromatic heterocycles. The lowest BCUT2D eigenvalue weighted by atomic mass is 9.84. The second-order valence-electron chi connectivity index (χ2n) is 4.31. The number of carbonyl (C=O) groups excluding carboxylic acids is 1. The molecule has 1 aliphatic heterocycles. The molecule has 0 bridgehead atoms.